The zero-order valence-corrected chi connectivity index (χ0v) is 14.1. The van der Waals surface area contributed by atoms with E-state index < -0.39 is 40.6 Å². The number of nitrogens with one attached hydrogen (secondary N) is 1. The Kier molecular flexibility index (Phi) is 4.88. The van der Waals surface area contributed by atoms with Crippen LogP contribution >= 0.6 is 11.6 Å². The second-order valence-corrected chi connectivity index (χ2v) is 5.99. The molecule has 0 atom stereocenters. The summed E-state index contributed by atoms with van der Waals surface area (Å²) >= 11 is 5.52. The van der Waals surface area contributed by atoms with Gasteiger partial charge in [0.2, 0.25) is 5.91 Å². The molecule has 5 nitrogen and oxygen atoms in total. The van der Waals surface area contributed by atoms with E-state index in [-0.39, 0.29) is 16.6 Å². The van der Waals surface area contributed by atoms with Gasteiger partial charge in [-0.1, -0.05) is 11.6 Å². The number of rotatable bonds is 3. The molecule has 0 fully saturated rings. The maximum Gasteiger partial charge on any atom is 0.417 e. The van der Waals surface area contributed by atoms with Gasteiger partial charge in [-0.3, -0.25) is 14.2 Å². The Labute approximate surface area is 154 Å². The normalized spacial score (nSPS) is 11.6. The minimum Gasteiger partial charge on any atom is -0.325 e. The minimum absolute atomic E-state index is 0.0175. The number of hydrogen-bond acceptors (Lipinski definition) is 3. The maximum absolute atomic E-state index is 13.3. The van der Waals surface area contributed by atoms with Crippen molar-refractivity contribution in [3.05, 3.63) is 69.5 Å². The van der Waals surface area contributed by atoms with E-state index in [0.29, 0.717) is 6.07 Å². The van der Waals surface area contributed by atoms with E-state index >= 15 is 0 Å². The van der Waals surface area contributed by atoms with Crippen molar-refractivity contribution in [3.8, 4) is 0 Å². The summed E-state index contributed by atoms with van der Waals surface area (Å²) in [7, 11) is 0. The molecule has 1 heterocycles. The molecule has 0 unspecified atom stereocenters. The number of halogens is 5. The first-order valence-electron chi connectivity index (χ1n) is 7.46. The molecule has 3 rings (SSSR count). The lowest BCUT2D eigenvalue weighted by Gasteiger charge is -2.12. The lowest BCUT2D eigenvalue weighted by molar-refractivity contribution is -0.137. The Hall–Kier alpha value is -2.94. The highest BCUT2D eigenvalue weighted by molar-refractivity contribution is 6.31. The fraction of sp³-hybridized carbons (Fsp3) is 0.118. The first kappa shape index (κ1) is 18.8. The number of hydrogen-bond donors (Lipinski definition) is 1. The summed E-state index contributed by atoms with van der Waals surface area (Å²) < 4.78 is 52.8. The Morgan fingerprint density at radius 1 is 1.19 bits per heavy atom. The van der Waals surface area contributed by atoms with Gasteiger partial charge in [0, 0.05) is 5.69 Å². The van der Waals surface area contributed by atoms with Crippen LogP contribution in [0.5, 0.6) is 0 Å². The molecule has 2 aromatic carbocycles. The van der Waals surface area contributed by atoms with Crippen LogP contribution in [0.4, 0.5) is 23.2 Å². The van der Waals surface area contributed by atoms with Crippen molar-refractivity contribution in [1.29, 1.82) is 0 Å². The Morgan fingerprint density at radius 3 is 2.63 bits per heavy atom. The Balaban J connectivity index is 1.84. The number of alkyl halides is 3. The monoisotopic (exact) mass is 399 g/mol. The van der Waals surface area contributed by atoms with Gasteiger partial charge in [-0.05, 0) is 36.4 Å². The van der Waals surface area contributed by atoms with Crippen molar-refractivity contribution in [2.45, 2.75) is 12.7 Å². The fourth-order valence-electron chi connectivity index (χ4n) is 2.42. The van der Waals surface area contributed by atoms with Gasteiger partial charge in [-0.15, -0.1) is 0 Å². The van der Waals surface area contributed by atoms with Gasteiger partial charge in [-0.2, -0.15) is 13.2 Å². The Bertz CT molecular complexity index is 1100. The van der Waals surface area contributed by atoms with E-state index in [1.165, 1.54) is 12.1 Å². The van der Waals surface area contributed by atoms with Crippen molar-refractivity contribution < 1.29 is 22.4 Å². The van der Waals surface area contributed by atoms with Crippen LogP contribution in [-0.4, -0.2) is 15.5 Å². The van der Waals surface area contributed by atoms with Gasteiger partial charge < -0.3 is 5.32 Å². The van der Waals surface area contributed by atoms with E-state index in [1.807, 2.05) is 0 Å². The van der Waals surface area contributed by atoms with Crippen LogP contribution in [-0.2, 0) is 17.5 Å². The number of carbonyl (C=O) groups excluding carboxylic acids is 1. The van der Waals surface area contributed by atoms with Crippen LogP contribution in [0.15, 0.2) is 47.5 Å². The van der Waals surface area contributed by atoms with Crippen molar-refractivity contribution >= 4 is 34.1 Å². The molecule has 27 heavy (non-hydrogen) atoms. The highest BCUT2D eigenvalue weighted by Crippen LogP contribution is 2.36. The molecule has 140 valence electrons. The minimum atomic E-state index is -4.68. The molecule has 10 heteroatoms. The van der Waals surface area contributed by atoms with Crippen LogP contribution in [0.1, 0.15) is 5.56 Å². The number of carbonyl (C=O) groups is 1. The van der Waals surface area contributed by atoms with Gasteiger partial charge in [0.25, 0.3) is 5.56 Å². The summed E-state index contributed by atoms with van der Waals surface area (Å²) in [5.41, 5.74) is -1.63. The maximum atomic E-state index is 13.3. The molecule has 0 bridgehead atoms. The largest absolute Gasteiger partial charge is 0.417 e. The number of anilines is 1. The first-order valence-corrected chi connectivity index (χ1v) is 7.84. The second kappa shape index (κ2) is 6.99. The number of aromatic nitrogens is 2. The van der Waals surface area contributed by atoms with E-state index in [4.69, 9.17) is 11.6 Å². The zero-order valence-electron chi connectivity index (χ0n) is 13.3. The van der Waals surface area contributed by atoms with Gasteiger partial charge in [0.05, 0.1) is 27.8 Å². The fourth-order valence-corrected chi connectivity index (χ4v) is 2.64. The Morgan fingerprint density at radius 2 is 1.93 bits per heavy atom. The van der Waals surface area contributed by atoms with E-state index in [1.54, 1.807) is 0 Å². The van der Waals surface area contributed by atoms with E-state index in [2.05, 4.69) is 10.3 Å². The smallest absolute Gasteiger partial charge is 0.325 e. The van der Waals surface area contributed by atoms with Gasteiger partial charge >= 0.3 is 6.18 Å². The molecule has 1 N–H and O–H groups in total. The summed E-state index contributed by atoms with van der Waals surface area (Å²) in [5.74, 6) is -1.39. The molecule has 0 saturated carbocycles. The highest BCUT2D eigenvalue weighted by atomic mass is 35.5. The lowest BCUT2D eigenvalue weighted by atomic mass is 10.2. The molecule has 0 aliphatic carbocycles. The standard InChI is InChI=1S/C17H10ClF4N3O2/c18-13-3-2-10(6-12(13)17(20,21)22)24-15(26)7-25-8-23-14-4-1-9(19)5-11(14)16(25)27/h1-6,8H,7H2,(H,24,26). The zero-order chi connectivity index (χ0) is 19.8. The van der Waals surface area contributed by atoms with Gasteiger partial charge in [0.1, 0.15) is 12.4 Å². The molecule has 0 radical (unpaired) electrons. The summed E-state index contributed by atoms with van der Waals surface area (Å²) in [4.78, 5) is 28.4. The predicted octanol–water partition coefficient (Wildman–Crippen LogP) is 3.85. The van der Waals surface area contributed by atoms with Crippen molar-refractivity contribution in [2.24, 2.45) is 0 Å². The third kappa shape index (κ3) is 4.08. The van der Waals surface area contributed by atoms with Crippen molar-refractivity contribution in [1.82, 2.24) is 9.55 Å². The van der Waals surface area contributed by atoms with E-state index in [9.17, 15) is 27.2 Å². The summed E-state index contributed by atoms with van der Waals surface area (Å²) in [5, 5.41) is 1.74. The molecule has 0 spiro atoms. The predicted molar refractivity (Wildman–Crippen MR) is 91.0 cm³/mol. The third-order valence-electron chi connectivity index (χ3n) is 3.66. The molecule has 0 aliphatic rings. The first-order chi connectivity index (χ1) is 12.6. The number of nitrogens with zero attached hydrogens (tertiary/aromatic N) is 2. The summed E-state index contributed by atoms with van der Waals surface area (Å²) in [6, 6.07) is 6.36. The number of amides is 1. The summed E-state index contributed by atoms with van der Waals surface area (Å²) in [6.07, 6.45) is -3.58. The molecule has 1 aromatic heterocycles. The van der Waals surface area contributed by atoms with Crippen molar-refractivity contribution in [3.63, 3.8) is 0 Å². The van der Waals surface area contributed by atoms with Crippen LogP contribution < -0.4 is 10.9 Å². The molecule has 0 aliphatic heterocycles. The third-order valence-corrected chi connectivity index (χ3v) is 3.99. The molecular weight excluding hydrogens is 390 g/mol. The van der Waals surface area contributed by atoms with E-state index in [0.717, 1.165) is 29.1 Å². The summed E-state index contributed by atoms with van der Waals surface area (Å²) in [6.45, 7) is -0.512. The van der Waals surface area contributed by atoms with Crippen LogP contribution in [0.25, 0.3) is 10.9 Å². The average molecular weight is 400 g/mol. The highest BCUT2D eigenvalue weighted by Gasteiger charge is 2.33. The van der Waals surface area contributed by atoms with Crippen LogP contribution in [0, 0.1) is 5.82 Å². The number of fused-ring (bicyclic) bond motifs is 1. The molecule has 3 aromatic rings. The average Bonchev–Trinajstić information content (AvgIpc) is 2.58. The van der Waals surface area contributed by atoms with Crippen LogP contribution in [0.3, 0.4) is 0 Å². The topological polar surface area (TPSA) is 64.0 Å². The quantitative estimate of drug-likeness (QED) is 0.680. The molecule has 1 amide bonds. The molecule has 0 saturated heterocycles. The lowest BCUT2D eigenvalue weighted by Crippen LogP contribution is -2.28. The van der Waals surface area contributed by atoms with Crippen LogP contribution in [0.2, 0.25) is 5.02 Å². The molecular formula is C17H10ClF4N3O2. The second-order valence-electron chi connectivity index (χ2n) is 5.58. The van der Waals surface area contributed by atoms with Gasteiger partial charge in [0.15, 0.2) is 0 Å². The SMILES string of the molecule is O=C(Cn1cnc2ccc(F)cc2c1=O)Nc1ccc(Cl)c(C(F)(F)F)c1. The number of benzene rings is 2. The van der Waals surface area contributed by atoms with Crippen molar-refractivity contribution in [2.75, 3.05) is 5.32 Å². The van der Waals surface area contributed by atoms with Gasteiger partial charge in [-0.25, -0.2) is 9.37 Å².